The number of hydrogen-bond acceptors (Lipinski definition) is 8. The predicted octanol–water partition coefficient (Wildman–Crippen LogP) is 7.08. The van der Waals surface area contributed by atoms with E-state index in [1.54, 1.807) is 29.6 Å². The Morgan fingerprint density at radius 3 is 2.39 bits per heavy atom. The minimum Gasteiger partial charge on any atom is -0.493 e. The molecule has 2 unspecified atom stereocenters. The van der Waals surface area contributed by atoms with Crippen LogP contribution in [-0.2, 0) is 6.42 Å². The average Bonchev–Trinajstić information content (AvgIpc) is 3.80. The van der Waals surface area contributed by atoms with Gasteiger partial charge >= 0.3 is 0 Å². The number of carbonyl (C=O) groups is 1. The Morgan fingerprint density at radius 2 is 1.78 bits per heavy atom. The molecular weight excluding hydrogens is 625 g/mol. The van der Waals surface area contributed by atoms with E-state index in [9.17, 15) is 9.18 Å². The molecule has 1 amide bonds. The van der Waals surface area contributed by atoms with Crippen LogP contribution in [-0.4, -0.2) is 79.3 Å². The number of ether oxygens (including phenoxy) is 3. The van der Waals surface area contributed by atoms with Gasteiger partial charge in [-0.15, -0.1) is 0 Å². The van der Waals surface area contributed by atoms with Crippen LogP contribution in [0.1, 0.15) is 59.2 Å². The molecule has 0 bridgehead atoms. The molecule has 2 N–H and O–H groups in total. The molecule has 2 atom stereocenters. The molecule has 1 aliphatic heterocycles. The number of H-pyrrole nitrogens is 1. The first-order valence-corrected chi connectivity index (χ1v) is 16.6. The molecule has 3 aromatic carbocycles. The minimum atomic E-state index is -0.292. The average molecular weight is 670 g/mol. The maximum absolute atomic E-state index is 14.2. The number of piperidine rings is 1. The molecule has 11 heteroatoms. The number of methoxy groups -OCH3 is 3. The van der Waals surface area contributed by atoms with Crippen molar-refractivity contribution in [2.75, 3.05) is 46.8 Å². The third-order valence-electron chi connectivity index (χ3n) is 9.54. The Balaban J connectivity index is 1.23. The van der Waals surface area contributed by atoms with Crippen LogP contribution >= 0.6 is 0 Å². The number of amides is 1. The second-order valence-electron chi connectivity index (χ2n) is 12.5. The van der Waals surface area contributed by atoms with Crippen molar-refractivity contribution in [2.45, 2.75) is 50.7 Å². The van der Waals surface area contributed by atoms with E-state index in [2.05, 4.69) is 28.2 Å². The fourth-order valence-electron chi connectivity index (χ4n) is 7.04. The van der Waals surface area contributed by atoms with Gasteiger partial charge in [0, 0.05) is 44.1 Å². The Bertz CT molecular complexity index is 1830. The van der Waals surface area contributed by atoms with Gasteiger partial charge in [-0.05, 0) is 72.4 Å². The molecule has 2 aromatic heterocycles. The number of likely N-dealkylation sites (tertiary alicyclic amines) is 1. The van der Waals surface area contributed by atoms with Crippen molar-refractivity contribution in [3.8, 4) is 17.2 Å². The molecule has 0 spiro atoms. The zero-order valence-corrected chi connectivity index (χ0v) is 28.7. The largest absolute Gasteiger partial charge is 0.493 e. The number of rotatable bonds is 13. The predicted molar refractivity (Wildman–Crippen MR) is 187 cm³/mol. The highest BCUT2D eigenvalue weighted by molar-refractivity contribution is 5.95. The molecule has 1 saturated heterocycles. The lowest BCUT2D eigenvalue weighted by Gasteiger charge is -2.45. The molecule has 0 saturated carbocycles. The number of anilines is 1. The lowest BCUT2D eigenvalue weighted by Crippen LogP contribution is -2.55. The zero-order valence-electron chi connectivity index (χ0n) is 28.7. The summed E-state index contributed by atoms with van der Waals surface area (Å²) >= 11 is 0. The first-order valence-electron chi connectivity index (χ1n) is 16.6. The second-order valence-corrected chi connectivity index (χ2v) is 12.5. The van der Waals surface area contributed by atoms with Crippen LogP contribution < -0.4 is 19.5 Å². The van der Waals surface area contributed by atoms with Crippen molar-refractivity contribution in [1.82, 2.24) is 19.8 Å². The Labute approximate surface area is 286 Å². The van der Waals surface area contributed by atoms with E-state index in [4.69, 9.17) is 23.6 Å². The summed E-state index contributed by atoms with van der Waals surface area (Å²) in [5.41, 5.74) is 5.56. The lowest BCUT2D eigenvalue weighted by molar-refractivity contribution is 0.0200. The Kier molecular flexibility index (Phi) is 10.4. The van der Waals surface area contributed by atoms with Crippen molar-refractivity contribution in [3.63, 3.8) is 0 Å². The van der Waals surface area contributed by atoms with E-state index < -0.39 is 0 Å². The second kappa shape index (κ2) is 15.0. The summed E-state index contributed by atoms with van der Waals surface area (Å²) in [4.78, 5) is 26.8. The van der Waals surface area contributed by atoms with Crippen LogP contribution in [0.25, 0.3) is 11.0 Å². The molecule has 1 fully saturated rings. The Hall–Kier alpha value is -5.03. The molecule has 3 heterocycles. The van der Waals surface area contributed by atoms with Gasteiger partial charge in [-0.3, -0.25) is 9.69 Å². The van der Waals surface area contributed by atoms with E-state index in [0.29, 0.717) is 22.8 Å². The maximum Gasteiger partial charge on any atom is 0.255 e. The van der Waals surface area contributed by atoms with Gasteiger partial charge in [0.05, 0.1) is 51.1 Å². The normalized spacial score (nSPS) is 15.1. The number of likely N-dealkylation sites (N-methyl/N-ethyl adjacent to an activating group) is 1. The number of nitrogens with zero attached hydrogens (tertiary/aromatic N) is 3. The molecule has 49 heavy (non-hydrogen) atoms. The van der Waals surface area contributed by atoms with Crippen molar-refractivity contribution in [1.29, 1.82) is 0 Å². The van der Waals surface area contributed by atoms with Gasteiger partial charge in [0.1, 0.15) is 5.82 Å². The van der Waals surface area contributed by atoms with Crippen LogP contribution in [0, 0.1) is 5.82 Å². The van der Waals surface area contributed by atoms with Crippen molar-refractivity contribution in [3.05, 3.63) is 101 Å². The first kappa shape index (κ1) is 33.9. The third-order valence-corrected chi connectivity index (χ3v) is 9.54. The molecular formula is C38H44FN5O5. The van der Waals surface area contributed by atoms with E-state index in [1.807, 2.05) is 37.4 Å². The molecule has 10 nitrogen and oxygen atoms in total. The number of aromatic amines is 1. The van der Waals surface area contributed by atoms with Crippen LogP contribution in [0.3, 0.4) is 0 Å². The van der Waals surface area contributed by atoms with Crippen molar-refractivity contribution in [2.24, 2.45) is 0 Å². The SMILES string of the molecule is CCC(c1ccc(F)cc1)C(N1CCC(Nc2nc3c(Cc4ccoc4)cccc3[nH]2)CC1)N(C)C(=O)c1cc(OC)c(OC)c(OC)c1. The lowest BCUT2D eigenvalue weighted by atomic mass is 9.90. The smallest absolute Gasteiger partial charge is 0.255 e. The number of para-hydroxylation sites is 1. The summed E-state index contributed by atoms with van der Waals surface area (Å²) in [6.45, 7) is 3.60. The number of benzene rings is 3. The van der Waals surface area contributed by atoms with E-state index in [0.717, 1.165) is 72.4 Å². The van der Waals surface area contributed by atoms with Gasteiger partial charge in [0.25, 0.3) is 5.91 Å². The number of fused-ring (bicyclic) bond motifs is 1. The highest BCUT2D eigenvalue weighted by Crippen LogP contribution is 2.39. The van der Waals surface area contributed by atoms with E-state index in [-0.39, 0.29) is 29.8 Å². The standard InChI is InChI=1S/C38H44FN5O5/c1-6-30(25-10-12-28(39)13-11-25)36(43(2)37(45)27-21-32(46-3)35(48-5)33(22-27)47-4)44-17-14-29(15-18-44)40-38-41-31-9-7-8-26(34(31)42-38)20-24-16-19-49-23-24/h7-13,16,19,21-23,29-30,36H,6,14-15,17-18,20H2,1-5H3,(H2,40,41,42). The van der Waals surface area contributed by atoms with Crippen LogP contribution in [0.5, 0.6) is 17.2 Å². The number of halogens is 1. The summed E-state index contributed by atoms with van der Waals surface area (Å²) in [7, 11) is 6.43. The number of imidazole rings is 1. The quantitative estimate of drug-likeness (QED) is 0.137. The number of furan rings is 1. The molecule has 5 aromatic rings. The van der Waals surface area contributed by atoms with Crippen molar-refractivity contribution >= 4 is 22.9 Å². The molecule has 258 valence electrons. The van der Waals surface area contributed by atoms with Crippen LogP contribution in [0.15, 0.2) is 77.6 Å². The van der Waals surface area contributed by atoms with Gasteiger partial charge in [-0.1, -0.05) is 31.2 Å². The topological polar surface area (TPSA) is 105 Å². The number of nitrogens with one attached hydrogen (secondary N) is 2. The summed E-state index contributed by atoms with van der Waals surface area (Å²) < 4.78 is 35.8. The van der Waals surface area contributed by atoms with Crippen molar-refractivity contribution < 1.29 is 27.8 Å². The van der Waals surface area contributed by atoms with Crippen LogP contribution in [0.4, 0.5) is 10.3 Å². The number of carbonyl (C=O) groups excluding carboxylic acids is 1. The summed E-state index contributed by atoms with van der Waals surface area (Å²) in [5, 5.41) is 3.64. The van der Waals surface area contributed by atoms with Gasteiger partial charge in [0.15, 0.2) is 11.5 Å². The van der Waals surface area contributed by atoms with E-state index in [1.165, 1.54) is 33.5 Å². The first-order chi connectivity index (χ1) is 23.8. The fourth-order valence-corrected chi connectivity index (χ4v) is 7.04. The van der Waals surface area contributed by atoms with Crippen LogP contribution in [0.2, 0.25) is 0 Å². The Morgan fingerprint density at radius 1 is 1.06 bits per heavy atom. The summed E-state index contributed by atoms with van der Waals surface area (Å²) in [6.07, 6.45) is 6.35. The zero-order chi connectivity index (χ0) is 34.5. The summed E-state index contributed by atoms with van der Waals surface area (Å²) in [5.74, 6) is 1.45. The van der Waals surface area contributed by atoms with Gasteiger partial charge in [-0.25, -0.2) is 9.37 Å². The highest BCUT2D eigenvalue weighted by Gasteiger charge is 2.36. The third kappa shape index (κ3) is 7.22. The minimum absolute atomic E-state index is 0.0647. The van der Waals surface area contributed by atoms with Gasteiger partial charge < -0.3 is 33.8 Å². The maximum atomic E-state index is 14.2. The monoisotopic (exact) mass is 669 g/mol. The van der Waals surface area contributed by atoms with Gasteiger partial charge in [-0.2, -0.15) is 0 Å². The fraction of sp³-hybridized carbons (Fsp3) is 0.368. The molecule has 0 radical (unpaired) electrons. The molecule has 0 aliphatic carbocycles. The number of aromatic nitrogens is 2. The molecule has 6 rings (SSSR count). The number of hydrogen-bond donors (Lipinski definition) is 2. The highest BCUT2D eigenvalue weighted by atomic mass is 19.1. The molecule has 1 aliphatic rings. The summed E-state index contributed by atoms with van der Waals surface area (Å²) in [6, 6.07) is 18.3. The van der Waals surface area contributed by atoms with E-state index >= 15 is 0 Å². The van der Waals surface area contributed by atoms with Gasteiger partial charge in [0.2, 0.25) is 11.7 Å².